The van der Waals surface area contributed by atoms with Crippen LogP contribution in [0.2, 0.25) is 0 Å². The van der Waals surface area contributed by atoms with Gasteiger partial charge in [0, 0.05) is 23.1 Å². The van der Waals surface area contributed by atoms with Gasteiger partial charge in [0.15, 0.2) is 5.78 Å². The average molecular weight is 208 g/mol. The second-order valence-electron chi connectivity index (χ2n) is 3.51. The average Bonchev–Trinajstić information content (AvgIpc) is 2.17. The topological polar surface area (TPSA) is 34.1 Å². The minimum Gasteiger partial charge on any atom is -0.294 e. The van der Waals surface area contributed by atoms with Gasteiger partial charge >= 0.3 is 0 Å². The first-order valence-corrected chi connectivity index (χ1v) is 6.24. The molecule has 0 aromatic heterocycles. The Morgan fingerprint density at radius 1 is 1.29 bits per heavy atom. The monoisotopic (exact) mass is 208 g/mol. The Morgan fingerprint density at radius 3 is 2.79 bits per heavy atom. The van der Waals surface area contributed by atoms with Crippen molar-refractivity contribution in [3.63, 3.8) is 0 Å². The molecule has 3 heteroatoms. The van der Waals surface area contributed by atoms with Gasteiger partial charge in [-0.2, -0.15) is 0 Å². The van der Waals surface area contributed by atoms with Crippen LogP contribution in [0.3, 0.4) is 0 Å². The lowest BCUT2D eigenvalue weighted by atomic mass is 9.91. The molecule has 1 atom stereocenters. The zero-order valence-electron chi connectivity index (χ0n) is 8.08. The fourth-order valence-electron chi connectivity index (χ4n) is 1.91. The first-order valence-electron chi connectivity index (χ1n) is 4.68. The number of carbonyl (C=O) groups is 1. The normalized spacial score (nSPS) is 17.6. The summed E-state index contributed by atoms with van der Waals surface area (Å²) in [5, 5.41) is 0. The molecule has 0 aliphatic heterocycles. The number of rotatable bonds is 1. The number of hydrogen-bond donors (Lipinski definition) is 0. The molecule has 0 saturated heterocycles. The van der Waals surface area contributed by atoms with Crippen LogP contribution < -0.4 is 0 Å². The molecule has 0 N–H and O–H groups in total. The number of Topliss-reactive ketones (excluding diaryl/α,β-unsaturated/α-hetero) is 1. The molecule has 0 heterocycles. The largest absolute Gasteiger partial charge is 0.294 e. The third kappa shape index (κ3) is 1.52. The van der Waals surface area contributed by atoms with Crippen LogP contribution in [0.5, 0.6) is 0 Å². The smallest absolute Gasteiger partial charge is 0.163 e. The van der Waals surface area contributed by atoms with Gasteiger partial charge in [-0.25, -0.2) is 0 Å². The fourth-order valence-corrected chi connectivity index (χ4v) is 2.74. The number of fused-ring (bicyclic) bond motifs is 1. The van der Waals surface area contributed by atoms with Crippen molar-refractivity contribution in [3.8, 4) is 0 Å². The minimum absolute atomic E-state index is 0.193. The SMILES string of the molecule is CS(=O)c1cccc2c1CCCC2=O. The van der Waals surface area contributed by atoms with Crippen LogP contribution in [0.25, 0.3) is 0 Å². The van der Waals surface area contributed by atoms with Gasteiger partial charge in [0.25, 0.3) is 0 Å². The van der Waals surface area contributed by atoms with Gasteiger partial charge in [-0.3, -0.25) is 9.00 Å². The highest BCUT2D eigenvalue weighted by Crippen LogP contribution is 2.25. The number of carbonyl (C=O) groups excluding carboxylic acids is 1. The summed E-state index contributed by atoms with van der Waals surface area (Å²) in [5.74, 6) is 0.193. The summed E-state index contributed by atoms with van der Waals surface area (Å²) in [6, 6.07) is 5.51. The van der Waals surface area contributed by atoms with Crippen molar-refractivity contribution in [3.05, 3.63) is 29.3 Å². The van der Waals surface area contributed by atoms with E-state index in [2.05, 4.69) is 0 Å². The van der Waals surface area contributed by atoms with Gasteiger partial charge in [0.1, 0.15) is 0 Å². The van der Waals surface area contributed by atoms with Crippen molar-refractivity contribution in [2.24, 2.45) is 0 Å². The second-order valence-corrected chi connectivity index (χ2v) is 4.86. The summed E-state index contributed by atoms with van der Waals surface area (Å²) < 4.78 is 11.4. The lowest BCUT2D eigenvalue weighted by Crippen LogP contribution is -2.13. The predicted molar refractivity (Wildman–Crippen MR) is 56.0 cm³/mol. The van der Waals surface area contributed by atoms with Crippen LogP contribution in [0, 0.1) is 0 Å². The summed E-state index contributed by atoms with van der Waals surface area (Å²) in [6.07, 6.45) is 4.07. The molecule has 1 aliphatic rings. The van der Waals surface area contributed by atoms with E-state index >= 15 is 0 Å². The molecule has 0 amide bonds. The Kier molecular flexibility index (Phi) is 2.50. The zero-order chi connectivity index (χ0) is 10.1. The highest BCUT2D eigenvalue weighted by atomic mass is 32.2. The van der Waals surface area contributed by atoms with Crippen LogP contribution in [-0.2, 0) is 17.2 Å². The lowest BCUT2D eigenvalue weighted by Gasteiger charge is -2.16. The molecule has 0 saturated carbocycles. The van der Waals surface area contributed by atoms with Gasteiger partial charge in [-0.05, 0) is 24.5 Å². The standard InChI is InChI=1S/C11H12O2S/c1-14(13)11-7-3-4-8-9(11)5-2-6-10(8)12/h3-4,7H,2,5-6H2,1H3. The van der Waals surface area contributed by atoms with Crippen LogP contribution in [-0.4, -0.2) is 16.2 Å². The predicted octanol–water partition coefficient (Wildman–Crippen LogP) is 1.94. The molecule has 2 nitrogen and oxygen atoms in total. The van der Waals surface area contributed by atoms with Crippen LogP contribution in [0.4, 0.5) is 0 Å². The van der Waals surface area contributed by atoms with Crippen molar-refractivity contribution in [2.75, 3.05) is 6.26 Å². The molecule has 0 fully saturated rings. The lowest BCUT2D eigenvalue weighted by molar-refractivity contribution is 0.0972. The summed E-state index contributed by atoms with van der Waals surface area (Å²) >= 11 is 0. The Balaban J connectivity index is 2.60. The molecule has 0 bridgehead atoms. The van der Waals surface area contributed by atoms with E-state index in [0.717, 1.165) is 28.9 Å². The van der Waals surface area contributed by atoms with Crippen molar-refractivity contribution in [1.29, 1.82) is 0 Å². The third-order valence-electron chi connectivity index (χ3n) is 2.57. The summed E-state index contributed by atoms with van der Waals surface area (Å²) in [7, 11) is -0.986. The van der Waals surface area contributed by atoms with Gasteiger partial charge < -0.3 is 0 Å². The molecular weight excluding hydrogens is 196 g/mol. The molecule has 0 spiro atoms. The van der Waals surface area contributed by atoms with Crippen molar-refractivity contribution in [2.45, 2.75) is 24.2 Å². The fraction of sp³-hybridized carbons (Fsp3) is 0.364. The second kappa shape index (κ2) is 3.65. The van der Waals surface area contributed by atoms with E-state index in [0.29, 0.717) is 6.42 Å². The van der Waals surface area contributed by atoms with E-state index in [-0.39, 0.29) is 5.78 Å². The van der Waals surface area contributed by atoms with E-state index in [1.807, 2.05) is 18.2 Å². The van der Waals surface area contributed by atoms with E-state index in [4.69, 9.17) is 0 Å². The molecular formula is C11H12O2S. The van der Waals surface area contributed by atoms with Crippen LogP contribution >= 0.6 is 0 Å². The maximum atomic E-state index is 11.6. The summed E-state index contributed by atoms with van der Waals surface area (Å²) in [4.78, 5) is 12.4. The third-order valence-corrected chi connectivity index (χ3v) is 3.58. The van der Waals surface area contributed by atoms with E-state index < -0.39 is 10.8 Å². The van der Waals surface area contributed by atoms with Crippen LogP contribution in [0.1, 0.15) is 28.8 Å². The summed E-state index contributed by atoms with van der Waals surface area (Å²) in [6.45, 7) is 0. The first kappa shape index (κ1) is 9.59. The molecule has 1 aromatic carbocycles. The number of ketones is 1. The molecule has 1 aromatic rings. The van der Waals surface area contributed by atoms with Crippen molar-refractivity contribution in [1.82, 2.24) is 0 Å². The minimum atomic E-state index is -0.986. The van der Waals surface area contributed by atoms with Gasteiger partial charge in [0.2, 0.25) is 0 Å². The molecule has 1 aliphatic carbocycles. The van der Waals surface area contributed by atoms with Gasteiger partial charge in [0.05, 0.1) is 10.8 Å². The highest BCUT2D eigenvalue weighted by Gasteiger charge is 2.20. The first-order chi connectivity index (χ1) is 6.70. The number of hydrogen-bond acceptors (Lipinski definition) is 2. The quantitative estimate of drug-likeness (QED) is 0.706. The molecule has 1 unspecified atom stereocenters. The highest BCUT2D eigenvalue weighted by molar-refractivity contribution is 7.84. The van der Waals surface area contributed by atoms with Gasteiger partial charge in [-0.1, -0.05) is 12.1 Å². The van der Waals surface area contributed by atoms with E-state index in [1.165, 1.54) is 0 Å². The Morgan fingerprint density at radius 2 is 2.07 bits per heavy atom. The van der Waals surface area contributed by atoms with Crippen LogP contribution in [0.15, 0.2) is 23.1 Å². The van der Waals surface area contributed by atoms with E-state index in [9.17, 15) is 9.00 Å². The molecule has 14 heavy (non-hydrogen) atoms. The Labute approximate surface area is 85.8 Å². The molecule has 0 radical (unpaired) electrons. The van der Waals surface area contributed by atoms with Crippen molar-refractivity contribution < 1.29 is 9.00 Å². The van der Waals surface area contributed by atoms with E-state index in [1.54, 1.807) is 6.26 Å². The maximum absolute atomic E-state index is 11.6. The van der Waals surface area contributed by atoms with Crippen molar-refractivity contribution >= 4 is 16.6 Å². The maximum Gasteiger partial charge on any atom is 0.163 e. The molecule has 74 valence electrons. The Bertz CT molecular complexity index is 395. The summed E-state index contributed by atoms with van der Waals surface area (Å²) in [5.41, 5.74) is 1.79. The Hall–Kier alpha value is -0.960. The zero-order valence-corrected chi connectivity index (χ0v) is 8.89. The molecule has 2 rings (SSSR count). The van der Waals surface area contributed by atoms with Gasteiger partial charge in [-0.15, -0.1) is 0 Å². The number of benzene rings is 1.